The van der Waals surface area contributed by atoms with Gasteiger partial charge in [-0.15, -0.1) is 0 Å². The van der Waals surface area contributed by atoms with Crippen molar-refractivity contribution in [1.82, 2.24) is 0 Å². The summed E-state index contributed by atoms with van der Waals surface area (Å²) in [4.78, 5) is 8.40. The summed E-state index contributed by atoms with van der Waals surface area (Å²) in [5, 5.41) is 0. The van der Waals surface area contributed by atoms with Crippen LogP contribution in [-0.4, -0.2) is 19.0 Å². The van der Waals surface area contributed by atoms with Gasteiger partial charge in [-0.05, 0) is 45.4 Å². The molecule has 102 valence electrons. The third-order valence-electron chi connectivity index (χ3n) is 2.30. The summed E-state index contributed by atoms with van der Waals surface area (Å²) in [5.41, 5.74) is 4.21. The normalized spacial score (nSPS) is 14.3. The maximum Gasteiger partial charge on any atom is 0.0708 e. The first-order chi connectivity index (χ1) is 9.04. The smallest absolute Gasteiger partial charge is 0.0708 e. The fourth-order valence-corrected chi connectivity index (χ4v) is 1.26. The molecule has 0 fully saturated rings. The minimum Gasteiger partial charge on any atom is -0.296 e. The fourth-order valence-electron chi connectivity index (χ4n) is 1.26. The van der Waals surface area contributed by atoms with Gasteiger partial charge < -0.3 is 0 Å². The molecule has 0 aliphatic carbocycles. The quantitative estimate of drug-likeness (QED) is 0.486. The summed E-state index contributed by atoms with van der Waals surface area (Å²) >= 11 is 0. The Kier molecular flexibility index (Phi) is 8.98. The molecule has 0 aromatic carbocycles. The summed E-state index contributed by atoms with van der Waals surface area (Å²) < 4.78 is 0. The third kappa shape index (κ3) is 7.87. The predicted octanol–water partition coefficient (Wildman–Crippen LogP) is 4.69. The van der Waals surface area contributed by atoms with Gasteiger partial charge in [0, 0.05) is 25.0 Å². The Balaban J connectivity index is 4.98. The number of aliphatic imine (C=N–C) groups is 2. The van der Waals surface area contributed by atoms with Gasteiger partial charge in [0.1, 0.15) is 0 Å². The van der Waals surface area contributed by atoms with Crippen molar-refractivity contribution in [2.45, 2.75) is 27.7 Å². The van der Waals surface area contributed by atoms with Crippen molar-refractivity contribution in [3.05, 3.63) is 59.9 Å². The number of hydrogen-bond donors (Lipinski definition) is 0. The van der Waals surface area contributed by atoms with Crippen LogP contribution >= 0.6 is 0 Å². The maximum atomic E-state index is 4.40. The van der Waals surface area contributed by atoms with Crippen molar-refractivity contribution in [2.24, 2.45) is 9.98 Å². The molecular weight excluding hydrogens is 232 g/mol. The molecule has 19 heavy (non-hydrogen) atoms. The molecule has 2 heteroatoms. The Labute approximate surface area is 117 Å². The highest BCUT2D eigenvalue weighted by atomic mass is 14.7. The van der Waals surface area contributed by atoms with Gasteiger partial charge in [-0.2, -0.15) is 0 Å². The Morgan fingerprint density at radius 1 is 1.11 bits per heavy atom. The van der Waals surface area contributed by atoms with Crippen molar-refractivity contribution in [2.75, 3.05) is 7.05 Å². The fraction of sp³-hybridized carbons (Fsp3) is 0.294. The zero-order chi connectivity index (χ0) is 14.7. The second-order valence-corrected chi connectivity index (χ2v) is 4.32. The zero-order valence-electron chi connectivity index (χ0n) is 12.6. The SMILES string of the molecule is C=CC(=N\C=C\C(C)=C/C=C(C)C)/C(C=NC)=C/C. The van der Waals surface area contributed by atoms with Crippen LogP contribution in [0.1, 0.15) is 27.7 Å². The van der Waals surface area contributed by atoms with Crippen LogP contribution in [0, 0.1) is 0 Å². The molecule has 0 bridgehead atoms. The summed E-state index contributed by atoms with van der Waals surface area (Å²) in [6.07, 6.45) is 13.4. The number of hydrogen-bond acceptors (Lipinski definition) is 2. The Morgan fingerprint density at radius 3 is 2.26 bits per heavy atom. The lowest BCUT2D eigenvalue weighted by atomic mass is 10.1. The molecule has 0 saturated carbocycles. The lowest BCUT2D eigenvalue weighted by molar-refractivity contribution is 1.38. The van der Waals surface area contributed by atoms with E-state index in [0.29, 0.717) is 0 Å². The monoisotopic (exact) mass is 256 g/mol. The van der Waals surface area contributed by atoms with E-state index < -0.39 is 0 Å². The molecule has 0 radical (unpaired) electrons. The lowest BCUT2D eigenvalue weighted by Crippen LogP contribution is -1.99. The van der Waals surface area contributed by atoms with Crippen LogP contribution in [0.3, 0.4) is 0 Å². The van der Waals surface area contributed by atoms with Gasteiger partial charge in [-0.1, -0.05) is 30.4 Å². The van der Waals surface area contributed by atoms with Crippen molar-refractivity contribution in [3.8, 4) is 0 Å². The van der Waals surface area contributed by atoms with E-state index in [1.165, 1.54) is 5.57 Å². The maximum absolute atomic E-state index is 4.40. The standard InChI is InChI=1S/C17H24N2/c1-7-16(13-18-6)17(8-2)19-12-11-15(5)10-9-14(3)4/h7-13H,2H2,1,3-6H3/b12-11+,15-10-,16-7+,18-13?,19-17+. The van der Waals surface area contributed by atoms with Crippen molar-refractivity contribution in [1.29, 1.82) is 0 Å². The first-order valence-corrected chi connectivity index (χ1v) is 6.32. The van der Waals surface area contributed by atoms with Crippen LogP contribution < -0.4 is 0 Å². The summed E-state index contributed by atoms with van der Waals surface area (Å²) in [7, 11) is 1.74. The van der Waals surface area contributed by atoms with Crippen LogP contribution in [0.2, 0.25) is 0 Å². The molecule has 0 aromatic rings. The number of allylic oxidation sites excluding steroid dienone is 8. The molecule has 0 heterocycles. The van der Waals surface area contributed by atoms with Gasteiger partial charge in [0.05, 0.1) is 5.71 Å². The van der Waals surface area contributed by atoms with Gasteiger partial charge in [0.15, 0.2) is 0 Å². The Bertz CT molecular complexity index is 465. The second kappa shape index (κ2) is 10.0. The molecule has 0 unspecified atom stereocenters. The highest BCUT2D eigenvalue weighted by Crippen LogP contribution is 2.01. The Morgan fingerprint density at radius 2 is 1.79 bits per heavy atom. The number of rotatable bonds is 6. The average molecular weight is 256 g/mol. The van der Waals surface area contributed by atoms with E-state index in [1.807, 2.05) is 26.0 Å². The van der Waals surface area contributed by atoms with Crippen molar-refractivity contribution < 1.29 is 0 Å². The van der Waals surface area contributed by atoms with Gasteiger partial charge in [0.25, 0.3) is 0 Å². The first kappa shape index (κ1) is 17.0. The average Bonchev–Trinajstić information content (AvgIpc) is 2.39. The minimum atomic E-state index is 0.819. The highest BCUT2D eigenvalue weighted by Gasteiger charge is 1.96. The second-order valence-electron chi connectivity index (χ2n) is 4.32. The molecule has 2 nitrogen and oxygen atoms in total. The molecule has 0 aromatic heterocycles. The summed E-state index contributed by atoms with van der Waals surface area (Å²) in [5.74, 6) is 0. The minimum absolute atomic E-state index is 0.819. The van der Waals surface area contributed by atoms with Gasteiger partial charge >= 0.3 is 0 Å². The molecule has 0 aliphatic rings. The van der Waals surface area contributed by atoms with Gasteiger partial charge in [0.2, 0.25) is 0 Å². The van der Waals surface area contributed by atoms with Gasteiger partial charge in [-0.3, -0.25) is 9.98 Å². The summed E-state index contributed by atoms with van der Waals surface area (Å²) in [6, 6.07) is 0. The summed E-state index contributed by atoms with van der Waals surface area (Å²) in [6.45, 7) is 11.9. The number of nitrogens with zero attached hydrogens (tertiary/aromatic N) is 2. The highest BCUT2D eigenvalue weighted by molar-refractivity contribution is 6.21. The van der Waals surface area contributed by atoms with Crippen LogP contribution in [0.15, 0.2) is 69.9 Å². The molecule has 0 amide bonds. The molecular formula is C17H24N2. The molecule has 0 rings (SSSR count). The van der Waals surface area contributed by atoms with Crippen LogP contribution in [0.5, 0.6) is 0 Å². The van der Waals surface area contributed by atoms with Crippen molar-refractivity contribution >= 4 is 11.9 Å². The predicted molar refractivity (Wildman–Crippen MR) is 88.1 cm³/mol. The topological polar surface area (TPSA) is 24.7 Å². The third-order valence-corrected chi connectivity index (χ3v) is 2.30. The lowest BCUT2D eigenvalue weighted by Gasteiger charge is -1.98. The van der Waals surface area contributed by atoms with Crippen LogP contribution in [0.25, 0.3) is 0 Å². The van der Waals surface area contributed by atoms with E-state index in [1.54, 1.807) is 25.5 Å². The van der Waals surface area contributed by atoms with E-state index in [-0.39, 0.29) is 0 Å². The molecule has 0 spiro atoms. The van der Waals surface area contributed by atoms with Crippen molar-refractivity contribution in [3.63, 3.8) is 0 Å². The molecule has 0 atom stereocenters. The van der Waals surface area contributed by atoms with Crippen LogP contribution in [-0.2, 0) is 0 Å². The van der Waals surface area contributed by atoms with E-state index in [9.17, 15) is 0 Å². The molecule has 0 saturated heterocycles. The van der Waals surface area contributed by atoms with E-state index in [0.717, 1.165) is 16.9 Å². The van der Waals surface area contributed by atoms with Crippen LogP contribution in [0.4, 0.5) is 0 Å². The van der Waals surface area contributed by atoms with E-state index in [2.05, 4.69) is 42.6 Å². The first-order valence-electron chi connectivity index (χ1n) is 6.32. The van der Waals surface area contributed by atoms with Gasteiger partial charge in [-0.25, -0.2) is 0 Å². The van der Waals surface area contributed by atoms with E-state index >= 15 is 0 Å². The van der Waals surface area contributed by atoms with E-state index in [4.69, 9.17) is 0 Å². The zero-order valence-corrected chi connectivity index (χ0v) is 12.6. The largest absolute Gasteiger partial charge is 0.296 e. The Hall–Kier alpha value is -1.96. The molecule has 0 aliphatic heterocycles. The molecule has 0 N–H and O–H groups in total.